The van der Waals surface area contributed by atoms with Gasteiger partial charge in [-0.2, -0.15) is 0 Å². The lowest BCUT2D eigenvalue weighted by atomic mass is 10.1. The number of aromatic nitrogens is 4. The molecule has 3 N–H and O–H groups in total. The molecule has 0 amide bonds. The largest absolute Gasteiger partial charge is 0.490 e. The van der Waals surface area contributed by atoms with Crippen LogP contribution in [0.4, 0.5) is 11.6 Å². The Morgan fingerprint density at radius 1 is 1.18 bits per heavy atom. The molecule has 0 bridgehead atoms. The topological polar surface area (TPSA) is 118 Å². The fourth-order valence-electron chi connectivity index (χ4n) is 4.91. The average Bonchev–Trinajstić information content (AvgIpc) is 2.95. The van der Waals surface area contributed by atoms with Crippen LogP contribution in [0.1, 0.15) is 55.3 Å². The molecular formula is C30H42N7O3+. The molecule has 0 fully saturated rings. The minimum atomic E-state index is -0.466. The first-order valence-electron chi connectivity index (χ1n) is 14.3. The maximum absolute atomic E-state index is 12.5. The van der Waals surface area contributed by atoms with Gasteiger partial charge in [0.05, 0.1) is 11.9 Å². The molecule has 1 atom stereocenters. The summed E-state index contributed by atoms with van der Waals surface area (Å²) in [6, 6.07) is 7.70. The number of anilines is 2. The van der Waals surface area contributed by atoms with E-state index >= 15 is 0 Å². The van der Waals surface area contributed by atoms with Gasteiger partial charge in [-0.05, 0) is 76.3 Å². The molecule has 0 saturated carbocycles. The molecule has 3 aromatic rings. The Kier molecular flexibility index (Phi) is 10.6. The van der Waals surface area contributed by atoms with Crippen LogP contribution in [0.5, 0.6) is 5.75 Å². The monoisotopic (exact) mass is 548 g/mol. The van der Waals surface area contributed by atoms with Crippen molar-refractivity contribution in [2.24, 2.45) is 0 Å². The van der Waals surface area contributed by atoms with E-state index in [0.717, 1.165) is 79.1 Å². The highest BCUT2D eigenvalue weighted by Crippen LogP contribution is 2.20. The maximum atomic E-state index is 12.5. The van der Waals surface area contributed by atoms with E-state index in [2.05, 4.69) is 37.6 Å². The number of nitrogens with zero attached hydrogens (tertiary/aromatic N) is 4. The summed E-state index contributed by atoms with van der Waals surface area (Å²) in [5.74, 6) is 2.17. The molecule has 10 nitrogen and oxygen atoms in total. The Bertz CT molecular complexity index is 1330. The zero-order valence-electron chi connectivity index (χ0n) is 23.9. The molecule has 40 heavy (non-hydrogen) atoms. The number of nitrogens with one attached hydrogen (secondary N) is 3. The van der Waals surface area contributed by atoms with Crippen molar-refractivity contribution in [3.63, 3.8) is 0 Å². The number of aryl methyl sites for hydroxylation is 4. The van der Waals surface area contributed by atoms with E-state index in [0.29, 0.717) is 31.1 Å². The molecule has 3 aromatic heterocycles. The number of hydrogen-bond donors (Lipinski definition) is 3. The lowest BCUT2D eigenvalue weighted by molar-refractivity contribution is -0.487. The first-order chi connectivity index (χ1) is 19.4. The highest BCUT2D eigenvalue weighted by molar-refractivity contribution is 5.83. The summed E-state index contributed by atoms with van der Waals surface area (Å²) < 4.78 is 6.83. The molecule has 0 radical (unpaired) electrons. The Hall–Kier alpha value is -3.79. The Labute approximate surface area is 236 Å². The highest BCUT2D eigenvalue weighted by Gasteiger charge is 2.23. The zero-order chi connectivity index (χ0) is 28.3. The smallest absolute Gasteiger partial charge is 0.336 e. The molecule has 0 saturated heterocycles. The molecule has 4 rings (SSSR count). The number of ether oxygens (including phenoxy) is 1. The molecule has 0 aromatic carbocycles. The molecule has 4 heterocycles. The molecule has 0 spiro atoms. The van der Waals surface area contributed by atoms with E-state index in [1.54, 1.807) is 32.4 Å². The number of carbonyl (C=O) groups excluding carboxylic acids is 1. The normalized spacial score (nSPS) is 13.4. The minimum Gasteiger partial charge on any atom is -0.490 e. The first-order valence-corrected chi connectivity index (χ1v) is 14.3. The number of hydrogen-bond acceptors (Lipinski definition) is 8. The summed E-state index contributed by atoms with van der Waals surface area (Å²) in [4.78, 5) is 39.3. The van der Waals surface area contributed by atoms with Gasteiger partial charge in [0.25, 0.3) is 0 Å². The molecule has 1 aliphatic rings. The average molecular weight is 549 g/mol. The van der Waals surface area contributed by atoms with Gasteiger partial charge in [0.2, 0.25) is 0 Å². The van der Waals surface area contributed by atoms with Gasteiger partial charge in [0.15, 0.2) is 17.5 Å². The minimum absolute atomic E-state index is 0.00390. The molecular weight excluding hydrogens is 506 g/mol. The van der Waals surface area contributed by atoms with Gasteiger partial charge in [-0.3, -0.25) is 20.0 Å². The number of unbranched alkanes of at least 4 members (excludes halogenated alkanes) is 1. The Balaban J connectivity index is 1.33. The number of carbonyl (C=O) groups is 1. The summed E-state index contributed by atoms with van der Waals surface area (Å²) >= 11 is 0. The van der Waals surface area contributed by atoms with Crippen LogP contribution in [0.3, 0.4) is 0 Å². The van der Waals surface area contributed by atoms with E-state index in [-0.39, 0.29) is 5.78 Å². The molecule has 214 valence electrons. The van der Waals surface area contributed by atoms with Gasteiger partial charge in [-0.1, -0.05) is 11.0 Å². The van der Waals surface area contributed by atoms with Crippen molar-refractivity contribution >= 4 is 17.4 Å². The van der Waals surface area contributed by atoms with Gasteiger partial charge in [0.1, 0.15) is 18.2 Å². The predicted octanol–water partition coefficient (Wildman–Crippen LogP) is 3.86. The van der Waals surface area contributed by atoms with Crippen molar-refractivity contribution in [3.05, 3.63) is 70.4 Å². The predicted molar refractivity (Wildman–Crippen MR) is 157 cm³/mol. The number of Topliss-reactive ketones (excluding diaryl/α,β-unsaturated/α-hetero) is 1. The van der Waals surface area contributed by atoms with Crippen molar-refractivity contribution in [2.45, 2.75) is 65.3 Å². The zero-order valence-corrected chi connectivity index (χ0v) is 23.9. The van der Waals surface area contributed by atoms with Crippen LogP contribution < -0.4 is 19.8 Å². The van der Waals surface area contributed by atoms with Gasteiger partial charge >= 0.3 is 5.82 Å². The number of fused-ring (bicyclic) bond motifs is 1. The van der Waals surface area contributed by atoms with E-state index in [1.165, 1.54) is 5.56 Å². The third-order valence-electron chi connectivity index (χ3n) is 7.33. The lowest BCUT2D eigenvalue weighted by Gasteiger charge is -2.24. The van der Waals surface area contributed by atoms with E-state index < -0.39 is 6.04 Å². The molecule has 0 aliphatic carbocycles. The van der Waals surface area contributed by atoms with Crippen LogP contribution in [-0.4, -0.2) is 64.5 Å². The number of rotatable bonds is 15. The van der Waals surface area contributed by atoms with E-state index in [1.807, 2.05) is 19.1 Å². The molecule has 1 aliphatic heterocycles. The van der Waals surface area contributed by atoms with Crippen LogP contribution in [-0.2, 0) is 17.6 Å². The van der Waals surface area contributed by atoms with Crippen molar-refractivity contribution < 1.29 is 14.0 Å². The number of pyridine rings is 2. The lowest BCUT2D eigenvalue weighted by Crippen LogP contribution is -2.38. The Morgan fingerprint density at radius 2 is 2.05 bits per heavy atom. The SMILES string of the molecule is CC(=O)[C@H](CCN(CCCCc1ccc2c(n1)NCCC2)CCOc1cccnc1C)Nc1c[nH]cc(C)[n+]1=O. The molecule has 0 unspecified atom stereocenters. The number of H-pyrrole nitrogens is 1. The third kappa shape index (κ3) is 8.35. The molecule has 10 heteroatoms. The fourth-order valence-corrected chi connectivity index (χ4v) is 4.91. The fraction of sp³-hybridized carbons (Fsp3) is 0.500. The van der Waals surface area contributed by atoms with Gasteiger partial charge in [-0.25, -0.2) is 4.98 Å². The van der Waals surface area contributed by atoms with E-state index in [4.69, 9.17) is 9.72 Å². The van der Waals surface area contributed by atoms with Crippen LogP contribution in [0.2, 0.25) is 0 Å². The van der Waals surface area contributed by atoms with Crippen molar-refractivity contribution in [3.8, 4) is 5.75 Å². The summed E-state index contributed by atoms with van der Waals surface area (Å²) in [6.45, 7) is 9.03. The quantitative estimate of drug-likeness (QED) is 0.194. The van der Waals surface area contributed by atoms with E-state index in [9.17, 15) is 9.70 Å². The summed E-state index contributed by atoms with van der Waals surface area (Å²) in [6.07, 6.45) is 10.8. The van der Waals surface area contributed by atoms with Gasteiger partial charge in [-0.15, -0.1) is 0 Å². The number of ketones is 1. The third-order valence-corrected chi connectivity index (χ3v) is 7.33. The summed E-state index contributed by atoms with van der Waals surface area (Å²) in [5, 5.41) is 6.55. The standard InChI is InChI=1S/C30H42N7O3/c1-22-20-31-21-29(37(22)39)35-27(24(3)38)13-17-36(18-19-40-28-10-7-14-32-23(28)2)16-5-4-9-26-12-11-25-8-6-15-33-30(25)34-26/h7,10-12,14,20-21,27,35H,4-6,8-9,13,15-19H2,1-3H3,(H,31,39)(H,33,34)/q+1/t27-/m0/s1. The highest BCUT2D eigenvalue weighted by atomic mass is 16.5. The Morgan fingerprint density at radius 3 is 2.88 bits per heavy atom. The van der Waals surface area contributed by atoms with Crippen LogP contribution >= 0.6 is 0 Å². The first kappa shape index (κ1) is 29.2. The second-order valence-corrected chi connectivity index (χ2v) is 10.4. The van der Waals surface area contributed by atoms with Gasteiger partial charge in [0, 0.05) is 55.5 Å². The van der Waals surface area contributed by atoms with Crippen molar-refractivity contribution in [1.29, 1.82) is 0 Å². The van der Waals surface area contributed by atoms with Gasteiger partial charge < -0.3 is 15.0 Å². The summed E-state index contributed by atoms with van der Waals surface area (Å²) in [7, 11) is 0. The van der Waals surface area contributed by atoms with Crippen LogP contribution in [0.15, 0.2) is 42.9 Å². The second kappa shape index (κ2) is 14.6. The second-order valence-electron chi connectivity index (χ2n) is 10.4. The van der Waals surface area contributed by atoms with Crippen LogP contribution in [0, 0.1) is 18.8 Å². The van der Waals surface area contributed by atoms with Crippen molar-refractivity contribution in [1.82, 2.24) is 19.9 Å². The number of aromatic amines is 1. The maximum Gasteiger partial charge on any atom is 0.336 e. The van der Waals surface area contributed by atoms with Crippen molar-refractivity contribution in [2.75, 3.05) is 43.4 Å². The summed E-state index contributed by atoms with van der Waals surface area (Å²) in [5.41, 5.74) is 3.82. The van der Waals surface area contributed by atoms with Crippen LogP contribution in [0.25, 0.3) is 0 Å².